The van der Waals surface area contributed by atoms with E-state index >= 15 is 0 Å². The summed E-state index contributed by atoms with van der Waals surface area (Å²) < 4.78 is 1.92. The Morgan fingerprint density at radius 1 is 1.24 bits per heavy atom. The number of aryl methyl sites for hydroxylation is 2. The van der Waals surface area contributed by atoms with Gasteiger partial charge in [0, 0.05) is 23.9 Å². The van der Waals surface area contributed by atoms with Crippen LogP contribution in [0.15, 0.2) is 18.2 Å². The molecule has 0 saturated carbocycles. The third-order valence-electron chi connectivity index (χ3n) is 3.66. The second-order valence-electron chi connectivity index (χ2n) is 5.17. The molecule has 0 spiro atoms. The number of benzene rings is 1. The number of nitrogens with two attached hydrogens (primary N) is 1. The molecular formula is C16H23ClN4. The van der Waals surface area contributed by atoms with Gasteiger partial charge in [0.2, 0.25) is 0 Å². The van der Waals surface area contributed by atoms with Gasteiger partial charge in [0.15, 0.2) is 5.82 Å². The first kappa shape index (κ1) is 16.0. The van der Waals surface area contributed by atoms with Crippen LogP contribution in [0.25, 0.3) is 5.69 Å². The third kappa shape index (κ3) is 3.44. The minimum Gasteiger partial charge on any atom is -0.327 e. The van der Waals surface area contributed by atoms with Crippen LogP contribution in [0.5, 0.6) is 0 Å². The number of aromatic nitrogens is 3. The van der Waals surface area contributed by atoms with Crippen LogP contribution in [0.3, 0.4) is 0 Å². The van der Waals surface area contributed by atoms with Gasteiger partial charge in [-0.1, -0.05) is 38.4 Å². The molecule has 0 saturated heterocycles. The zero-order valence-electron chi connectivity index (χ0n) is 12.9. The molecule has 0 radical (unpaired) electrons. The maximum absolute atomic E-state index is 6.40. The van der Waals surface area contributed by atoms with E-state index in [1.54, 1.807) is 0 Å². The summed E-state index contributed by atoms with van der Waals surface area (Å²) in [5.41, 5.74) is 8.17. The van der Waals surface area contributed by atoms with Crippen molar-refractivity contribution >= 4 is 11.6 Å². The second kappa shape index (κ2) is 7.05. The molecule has 1 unspecified atom stereocenters. The van der Waals surface area contributed by atoms with Crippen molar-refractivity contribution in [2.75, 3.05) is 0 Å². The average Bonchev–Trinajstić information content (AvgIpc) is 2.92. The predicted octanol–water partition coefficient (Wildman–Crippen LogP) is 3.33. The van der Waals surface area contributed by atoms with Gasteiger partial charge in [0.1, 0.15) is 5.82 Å². The van der Waals surface area contributed by atoms with Gasteiger partial charge in [-0.25, -0.2) is 9.67 Å². The van der Waals surface area contributed by atoms with Crippen molar-refractivity contribution in [2.24, 2.45) is 5.73 Å². The van der Waals surface area contributed by atoms with E-state index in [9.17, 15) is 0 Å². The van der Waals surface area contributed by atoms with Gasteiger partial charge in [0.25, 0.3) is 0 Å². The summed E-state index contributed by atoms with van der Waals surface area (Å²) in [4.78, 5) is 4.57. The Bertz CT molecular complexity index is 606. The zero-order chi connectivity index (χ0) is 15.4. The highest BCUT2D eigenvalue weighted by Crippen LogP contribution is 2.25. The summed E-state index contributed by atoms with van der Waals surface area (Å²) in [6.07, 6.45) is 3.32. The van der Waals surface area contributed by atoms with Gasteiger partial charge in [-0.2, -0.15) is 5.10 Å². The molecule has 2 N–H and O–H groups in total. The highest BCUT2D eigenvalue weighted by molar-refractivity contribution is 6.31. The lowest BCUT2D eigenvalue weighted by atomic mass is 10.0. The van der Waals surface area contributed by atoms with Crippen LogP contribution in [0.4, 0.5) is 0 Å². The normalized spacial score (nSPS) is 12.6. The van der Waals surface area contributed by atoms with Crippen LogP contribution < -0.4 is 5.73 Å². The Kier molecular flexibility index (Phi) is 5.37. The summed E-state index contributed by atoms with van der Waals surface area (Å²) in [5.74, 6) is 1.82. The summed E-state index contributed by atoms with van der Waals surface area (Å²) in [6, 6.07) is 6.00. The predicted molar refractivity (Wildman–Crippen MR) is 87.1 cm³/mol. The van der Waals surface area contributed by atoms with Gasteiger partial charge in [-0.15, -0.1) is 0 Å². The van der Waals surface area contributed by atoms with E-state index in [2.05, 4.69) is 30.9 Å². The van der Waals surface area contributed by atoms with E-state index in [4.69, 9.17) is 17.3 Å². The Hall–Kier alpha value is -1.39. The highest BCUT2D eigenvalue weighted by Gasteiger charge is 2.16. The first-order valence-electron chi connectivity index (χ1n) is 7.58. The maximum Gasteiger partial charge on any atom is 0.151 e. The summed E-state index contributed by atoms with van der Waals surface area (Å²) in [5, 5.41) is 5.35. The Labute approximate surface area is 131 Å². The fourth-order valence-corrected chi connectivity index (χ4v) is 2.56. The molecule has 1 atom stereocenters. The number of halogens is 1. The molecule has 21 heavy (non-hydrogen) atoms. The molecule has 2 rings (SSSR count). The first-order valence-corrected chi connectivity index (χ1v) is 7.96. The molecule has 0 aliphatic heterocycles. The van der Waals surface area contributed by atoms with Crippen molar-refractivity contribution in [1.29, 1.82) is 0 Å². The van der Waals surface area contributed by atoms with Crippen molar-refractivity contribution in [3.05, 3.63) is 40.4 Å². The van der Waals surface area contributed by atoms with Crippen molar-refractivity contribution in [3.63, 3.8) is 0 Å². The maximum atomic E-state index is 6.40. The summed E-state index contributed by atoms with van der Waals surface area (Å²) >= 11 is 6.40. The number of rotatable bonds is 6. The van der Waals surface area contributed by atoms with E-state index < -0.39 is 0 Å². The Morgan fingerprint density at radius 2 is 2.00 bits per heavy atom. The highest BCUT2D eigenvalue weighted by atomic mass is 35.5. The monoisotopic (exact) mass is 306 g/mol. The molecule has 1 heterocycles. The zero-order valence-corrected chi connectivity index (χ0v) is 13.7. The molecule has 1 aromatic heterocycles. The van der Waals surface area contributed by atoms with Crippen molar-refractivity contribution in [1.82, 2.24) is 14.8 Å². The van der Waals surface area contributed by atoms with Crippen molar-refractivity contribution < 1.29 is 0 Å². The molecule has 0 bridgehead atoms. The minimum absolute atomic E-state index is 0.0999. The van der Waals surface area contributed by atoms with E-state index in [-0.39, 0.29) is 6.04 Å². The van der Waals surface area contributed by atoms with Gasteiger partial charge in [0.05, 0.1) is 5.69 Å². The topological polar surface area (TPSA) is 56.7 Å². The van der Waals surface area contributed by atoms with Crippen molar-refractivity contribution in [2.45, 2.75) is 52.5 Å². The molecule has 0 amide bonds. The largest absolute Gasteiger partial charge is 0.327 e. The lowest BCUT2D eigenvalue weighted by Crippen LogP contribution is -2.22. The van der Waals surface area contributed by atoms with Crippen LogP contribution in [0.1, 0.15) is 44.4 Å². The summed E-state index contributed by atoms with van der Waals surface area (Å²) in [6.45, 7) is 6.23. The van der Waals surface area contributed by atoms with Crippen LogP contribution in [0, 0.1) is 0 Å². The van der Waals surface area contributed by atoms with Gasteiger partial charge >= 0.3 is 0 Å². The van der Waals surface area contributed by atoms with E-state index in [0.29, 0.717) is 0 Å². The molecule has 0 aliphatic carbocycles. The average molecular weight is 307 g/mol. The molecule has 0 aliphatic rings. The number of nitrogens with zero attached hydrogens (tertiary/aromatic N) is 3. The van der Waals surface area contributed by atoms with Gasteiger partial charge in [-0.05, 0) is 30.5 Å². The van der Waals surface area contributed by atoms with Crippen LogP contribution >= 0.6 is 11.6 Å². The first-order chi connectivity index (χ1) is 10.1. The molecule has 114 valence electrons. The Morgan fingerprint density at radius 3 is 2.62 bits per heavy atom. The van der Waals surface area contributed by atoms with Crippen LogP contribution in [-0.2, 0) is 19.3 Å². The molecule has 1 aromatic carbocycles. The SMILES string of the molecule is CCc1nc(CC)n(-c2cccc(Cl)c2CC(N)CC)n1. The number of hydrogen-bond acceptors (Lipinski definition) is 3. The fraction of sp³-hybridized carbons (Fsp3) is 0.500. The number of hydrogen-bond donors (Lipinski definition) is 1. The van der Waals surface area contributed by atoms with E-state index in [0.717, 1.165) is 53.6 Å². The molecule has 4 nitrogen and oxygen atoms in total. The van der Waals surface area contributed by atoms with E-state index in [1.807, 2.05) is 22.9 Å². The van der Waals surface area contributed by atoms with E-state index in [1.165, 1.54) is 0 Å². The van der Waals surface area contributed by atoms with Gasteiger partial charge in [-0.3, -0.25) is 0 Å². The smallest absolute Gasteiger partial charge is 0.151 e. The Balaban J connectivity index is 2.53. The fourth-order valence-electron chi connectivity index (χ4n) is 2.32. The minimum atomic E-state index is 0.0999. The van der Waals surface area contributed by atoms with Crippen molar-refractivity contribution in [3.8, 4) is 5.69 Å². The van der Waals surface area contributed by atoms with Crippen LogP contribution in [0.2, 0.25) is 5.02 Å². The summed E-state index contributed by atoms with van der Waals surface area (Å²) in [7, 11) is 0. The lowest BCUT2D eigenvalue weighted by Gasteiger charge is -2.16. The second-order valence-corrected chi connectivity index (χ2v) is 5.58. The lowest BCUT2D eigenvalue weighted by molar-refractivity contribution is 0.641. The molecule has 0 fully saturated rings. The quantitative estimate of drug-likeness (QED) is 0.890. The molecule has 5 heteroatoms. The molecular weight excluding hydrogens is 284 g/mol. The van der Waals surface area contributed by atoms with Gasteiger partial charge < -0.3 is 5.73 Å². The molecule has 2 aromatic rings. The third-order valence-corrected chi connectivity index (χ3v) is 4.02. The van der Waals surface area contributed by atoms with Crippen LogP contribution in [-0.4, -0.2) is 20.8 Å². The standard InChI is InChI=1S/C16H23ClN4/c1-4-11(18)10-12-13(17)8-7-9-14(12)21-16(6-3)19-15(5-2)20-21/h7-9,11H,4-6,10,18H2,1-3H3.